The largest absolute Gasteiger partial charge is 0.478 e. The van der Waals surface area contributed by atoms with Crippen LogP contribution < -0.4 is 0 Å². The summed E-state index contributed by atoms with van der Waals surface area (Å²) in [6.07, 6.45) is -4.85. The van der Waals surface area contributed by atoms with Crippen molar-refractivity contribution >= 4 is 17.7 Å². The van der Waals surface area contributed by atoms with E-state index in [9.17, 15) is 36.2 Å². The van der Waals surface area contributed by atoms with Crippen molar-refractivity contribution in [1.29, 1.82) is 0 Å². The van der Waals surface area contributed by atoms with Crippen molar-refractivity contribution in [1.82, 2.24) is 29.7 Å². The normalized spacial score (nSPS) is 12.8. The van der Waals surface area contributed by atoms with Crippen LogP contribution in [-0.4, -0.2) is 40.8 Å². The molecule has 0 fully saturated rings. The first-order valence-electron chi connectivity index (χ1n) is 7.73. The predicted molar refractivity (Wildman–Crippen MR) is 87.1 cm³/mol. The van der Waals surface area contributed by atoms with Crippen LogP contribution in [0, 0.1) is 0 Å². The highest BCUT2D eigenvalue weighted by atomic mass is 19.4. The standard InChI is InChI=1S/C16H8F6N6O2/c17-15(18,19)11-1-8(2-12(26-11)16(20,21)22)13-25-7-28(27-13)5-10(14(29)30)9-3-23-6-24-4-9/h1-7H,(H,29,30)/b10-5+. The molecule has 0 amide bonds. The summed E-state index contributed by atoms with van der Waals surface area (Å²) in [5, 5.41) is 13.1. The molecule has 0 aliphatic carbocycles. The van der Waals surface area contributed by atoms with E-state index in [1.54, 1.807) is 0 Å². The van der Waals surface area contributed by atoms with E-state index in [4.69, 9.17) is 0 Å². The van der Waals surface area contributed by atoms with Gasteiger partial charge in [-0.2, -0.15) is 26.3 Å². The third-order valence-electron chi connectivity index (χ3n) is 3.54. The average molecular weight is 430 g/mol. The summed E-state index contributed by atoms with van der Waals surface area (Å²) in [5.41, 5.74) is -4.39. The number of rotatable bonds is 4. The number of carboxylic acids is 1. The molecule has 0 saturated carbocycles. The van der Waals surface area contributed by atoms with Gasteiger partial charge in [0.2, 0.25) is 0 Å². The minimum absolute atomic E-state index is 0.0877. The van der Waals surface area contributed by atoms with Crippen LogP contribution in [0.25, 0.3) is 23.2 Å². The molecule has 1 N–H and O–H groups in total. The fraction of sp³-hybridized carbons (Fsp3) is 0.125. The highest BCUT2D eigenvalue weighted by molar-refractivity contribution is 6.18. The average Bonchev–Trinajstić information content (AvgIpc) is 3.13. The highest BCUT2D eigenvalue weighted by Gasteiger charge is 2.39. The molecule has 0 spiro atoms. The lowest BCUT2D eigenvalue weighted by Crippen LogP contribution is -2.15. The Morgan fingerprint density at radius 2 is 1.57 bits per heavy atom. The molecule has 0 bridgehead atoms. The van der Waals surface area contributed by atoms with Gasteiger partial charge < -0.3 is 5.11 Å². The number of carboxylic acid groups (broad SMARTS) is 1. The molecule has 8 nitrogen and oxygen atoms in total. The van der Waals surface area contributed by atoms with E-state index in [1.807, 2.05) is 0 Å². The Labute approximate surface area is 162 Å². The van der Waals surface area contributed by atoms with Gasteiger partial charge in [-0.05, 0) is 12.1 Å². The summed E-state index contributed by atoms with van der Waals surface area (Å²) < 4.78 is 78.5. The van der Waals surface area contributed by atoms with Gasteiger partial charge in [-0.25, -0.2) is 29.4 Å². The fourth-order valence-corrected chi connectivity index (χ4v) is 2.24. The third kappa shape index (κ3) is 4.59. The second-order valence-corrected chi connectivity index (χ2v) is 5.65. The molecule has 3 rings (SSSR count). The van der Waals surface area contributed by atoms with Crippen molar-refractivity contribution in [3.63, 3.8) is 0 Å². The number of aliphatic carboxylic acids is 1. The molecule has 14 heteroatoms. The molecule has 0 aromatic carbocycles. The third-order valence-corrected chi connectivity index (χ3v) is 3.54. The van der Waals surface area contributed by atoms with E-state index in [1.165, 1.54) is 12.4 Å². The van der Waals surface area contributed by atoms with Gasteiger partial charge in [0.25, 0.3) is 0 Å². The Kier molecular flexibility index (Phi) is 5.24. The zero-order valence-corrected chi connectivity index (χ0v) is 14.3. The van der Waals surface area contributed by atoms with Gasteiger partial charge in [-0.15, -0.1) is 5.10 Å². The van der Waals surface area contributed by atoms with Gasteiger partial charge in [0.1, 0.15) is 24.0 Å². The lowest BCUT2D eigenvalue weighted by Gasteiger charge is -2.11. The van der Waals surface area contributed by atoms with Crippen LogP contribution in [-0.2, 0) is 17.1 Å². The van der Waals surface area contributed by atoms with Crippen molar-refractivity contribution in [3.8, 4) is 11.4 Å². The molecule has 156 valence electrons. The molecular weight excluding hydrogens is 422 g/mol. The Morgan fingerprint density at radius 3 is 2.07 bits per heavy atom. The van der Waals surface area contributed by atoms with E-state index < -0.39 is 41.1 Å². The van der Waals surface area contributed by atoms with E-state index in [-0.39, 0.29) is 11.1 Å². The van der Waals surface area contributed by atoms with Gasteiger partial charge in [-0.3, -0.25) is 0 Å². The second-order valence-electron chi connectivity index (χ2n) is 5.65. The van der Waals surface area contributed by atoms with E-state index in [2.05, 4.69) is 25.0 Å². The predicted octanol–water partition coefficient (Wildman–Crippen LogP) is 3.25. The van der Waals surface area contributed by atoms with Crippen LogP contribution in [0.4, 0.5) is 26.3 Å². The first kappa shape index (κ1) is 20.9. The van der Waals surface area contributed by atoms with Crippen LogP contribution in [0.15, 0.2) is 37.2 Å². The van der Waals surface area contributed by atoms with Crippen LogP contribution in [0.5, 0.6) is 0 Å². The molecule has 0 aliphatic heterocycles. The molecule has 3 aromatic rings. The number of pyridine rings is 1. The summed E-state index contributed by atoms with van der Waals surface area (Å²) in [6.45, 7) is 0. The number of alkyl halides is 6. The van der Waals surface area contributed by atoms with Gasteiger partial charge in [0, 0.05) is 29.7 Å². The number of hydrogen-bond donors (Lipinski definition) is 1. The van der Waals surface area contributed by atoms with Gasteiger partial charge in [0.05, 0.1) is 5.57 Å². The molecule has 0 radical (unpaired) electrons. The molecule has 3 heterocycles. The van der Waals surface area contributed by atoms with Crippen molar-refractivity contribution < 1.29 is 36.2 Å². The van der Waals surface area contributed by atoms with Crippen molar-refractivity contribution in [2.24, 2.45) is 0 Å². The summed E-state index contributed by atoms with van der Waals surface area (Å²) in [7, 11) is 0. The van der Waals surface area contributed by atoms with Crippen LogP contribution >= 0.6 is 0 Å². The fourth-order valence-electron chi connectivity index (χ4n) is 2.24. The number of hydrogen-bond acceptors (Lipinski definition) is 6. The highest BCUT2D eigenvalue weighted by Crippen LogP contribution is 2.35. The first-order chi connectivity index (χ1) is 13.9. The monoisotopic (exact) mass is 430 g/mol. The Bertz CT molecular complexity index is 1080. The lowest BCUT2D eigenvalue weighted by molar-refractivity contribution is -0.150. The van der Waals surface area contributed by atoms with Crippen LogP contribution in [0.3, 0.4) is 0 Å². The topological polar surface area (TPSA) is 107 Å². The molecule has 3 aromatic heterocycles. The number of aromatic nitrogens is 6. The quantitative estimate of drug-likeness (QED) is 0.500. The Hall–Kier alpha value is -3.84. The Morgan fingerprint density at radius 1 is 1.00 bits per heavy atom. The van der Waals surface area contributed by atoms with Crippen LogP contribution in [0.2, 0.25) is 0 Å². The summed E-state index contributed by atoms with van der Waals surface area (Å²) in [5.74, 6) is -1.90. The number of halogens is 6. The SMILES string of the molecule is O=C(O)/C(=C/n1cnc(-c2cc(C(F)(F)F)nc(C(F)(F)F)c2)n1)c1cncnc1. The van der Waals surface area contributed by atoms with Crippen molar-refractivity contribution in [2.45, 2.75) is 12.4 Å². The maximum atomic E-state index is 12.9. The minimum atomic E-state index is -5.14. The van der Waals surface area contributed by atoms with E-state index >= 15 is 0 Å². The summed E-state index contributed by atoms with van der Waals surface area (Å²) >= 11 is 0. The molecule has 30 heavy (non-hydrogen) atoms. The minimum Gasteiger partial charge on any atom is -0.478 e. The molecule has 0 saturated heterocycles. The maximum absolute atomic E-state index is 12.9. The number of nitrogens with zero attached hydrogens (tertiary/aromatic N) is 6. The van der Waals surface area contributed by atoms with Crippen LogP contribution in [0.1, 0.15) is 17.0 Å². The lowest BCUT2D eigenvalue weighted by atomic mass is 10.1. The molecule has 0 aliphatic rings. The maximum Gasteiger partial charge on any atom is 0.433 e. The van der Waals surface area contributed by atoms with E-state index in [0.29, 0.717) is 12.1 Å². The summed E-state index contributed by atoms with van der Waals surface area (Å²) in [4.78, 5) is 25.0. The molecular formula is C16H8F6N6O2. The second kappa shape index (κ2) is 7.53. The number of carbonyl (C=O) groups is 1. The van der Waals surface area contributed by atoms with Gasteiger partial charge in [-0.1, -0.05) is 0 Å². The molecule has 0 atom stereocenters. The van der Waals surface area contributed by atoms with Gasteiger partial charge >= 0.3 is 18.3 Å². The zero-order chi connectivity index (χ0) is 22.1. The molecule has 0 unspecified atom stereocenters. The van der Waals surface area contributed by atoms with Crippen molar-refractivity contribution in [3.05, 3.63) is 54.1 Å². The summed E-state index contributed by atoms with van der Waals surface area (Å²) in [6, 6.07) is 0.726. The zero-order valence-electron chi connectivity index (χ0n) is 14.3. The smallest absolute Gasteiger partial charge is 0.433 e. The Balaban J connectivity index is 2.06. The van der Waals surface area contributed by atoms with E-state index in [0.717, 1.165) is 23.5 Å². The first-order valence-corrected chi connectivity index (χ1v) is 7.73. The van der Waals surface area contributed by atoms with Crippen molar-refractivity contribution in [2.75, 3.05) is 0 Å². The van der Waals surface area contributed by atoms with Gasteiger partial charge in [0.15, 0.2) is 5.82 Å².